The zero-order valence-electron chi connectivity index (χ0n) is 9.30. The summed E-state index contributed by atoms with van der Waals surface area (Å²) in [4.78, 5) is 0. The van der Waals surface area contributed by atoms with Crippen LogP contribution in [-0.2, 0) is 0 Å². The minimum Gasteiger partial charge on any atom is -0.384 e. The van der Waals surface area contributed by atoms with Gasteiger partial charge in [0, 0.05) is 16.1 Å². The Bertz CT molecular complexity index is 610. The lowest BCUT2D eigenvalue weighted by Gasteiger charge is -2.13. The molecule has 19 heavy (non-hydrogen) atoms. The maximum atomic E-state index is 13.5. The molecule has 6 heteroatoms. The number of rotatable bonds is 2. The predicted molar refractivity (Wildman–Crippen MR) is 64.5 cm³/mol. The summed E-state index contributed by atoms with van der Waals surface area (Å²) in [5.74, 6) is -4.39. The highest BCUT2D eigenvalue weighted by molar-refractivity contribution is 9.10. The van der Waals surface area contributed by atoms with Crippen molar-refractivity contribution in [1.29, 1.82) is 0 Å². The number of hydrogen-bond donors (Lipinski definition) is 1. The Balaban J connectivity index is 2.49. The standard InChI is InChI=1S/C13H7BrF4O/c14-7-1-6(2-8(15)3-7)13(19)9-4-11(17)12(18)5-10(9)16/h1-5,13,19H. The average molecular weight is 335 g/mol. The summed E-state index contributed by atoms with van der Waals surface area (Å²) in [6, 6.07) is 4.37. The van der Waals surface area contributed by atoms with E-state index < -0.39 is 34.9 Å². The molecule has 0 aromatic heterocycles. The summed E-state index contributed by atoms with van der Waals surface area (Å²) in [5.41, 5.74) is -0.437. The molecule has 100 valence electrons. The number of halogens is 5. The first kappa shape index (κ1) is 14.0. The molecule has 0 aliphatic carbocycles. The number of benzene rings is 2. The Kier molecular flexibility index (Phi) is 3.91. The van der Waals surface area contributed by atoms with Crippen LogP contribution in [0, 0.1) is 23.3 Å². The average Bonchev–Trinajstić information content (AvgIpc) is 2.31. The van der Waals surface area contributed by atoms with Crippen LogP contribution >= 0.6 is 15.9 Å². The van der Waals surface area contributed by atoms with E-state index in [-0.39, 0.29) is 5.56 Å². The summed E-state index contributed by atoms with van der Waals surface area (Å²) in [7, 11) is 0. The lowest BCUT2D eigenvalue weighted by molar-refractivity contribution is 0.213. The highest BCUT2D eigenvalue weighted by atomic mass is 79.9. The van der Waals surface area contributed by atoms with Gasteiger partial charge in [-0.15, -0.1) is 0 Å². The molecular weight excluding hydrogens is 328 g/mol. The summed E-state index contributed by atoms with van der Waals surface area (Å²) in [5, 5.41) is 9.92. The fourth-order valence-corrected chi connectivity index (χ4v) is 2.14. The van der Waals surface area contributed by atoms with Gasteiger partial charge in [-0.2, -0.15) is 0 Å². The van der Waals surface area contributed by atoms with Gasteiger partial charge in [0.15, 0.2) is 11.6 Å². The van der Waals surface area contributed by atoms with Gasteiger partial charge < -0.3 is 5.11 Å². The van der Waals surface area contributed by atoms with Crippen molar-refractivity contribution in [1.82, 2.24) is 0 Å². The van der Waals surface area contributed by atoms with Crippen LogP contribution in [0.15, 0.2) is 34.8 Å². The third-order valence-electron chi connectivity index (χ3n) is 2.53. The molecule has 1 unspecified atom stereocenters. The van der Waals surface area contributed by atoms with E-state index in [0.29, 0.717) is 16.6 Å². The Morgan fingerprint density at radius 1 is 0.842 bits per heavy atom. The second-order valence-electron chi connectivity index (χ2n) is 3.89. The van der Waals surface area contributed by atoms with E-state index in [1.165, 1.54) is 6.07 Å². The number of hydrogen-bond acceptors (Lipinski definition) is 1. The summed E-state index contributed by atoms with van der Waals surface area (Å²) >= 11 is 3.02. The van der Waals surface area contributed by atoms with Gasteiger partial charge in [0.1, 0.15) is 17.7 Å². The van der Waals surface area contributed by atoms with Crippen LogP contribution in [0.25, 0.3) is 0 Å². The molecule has 0 amide bonds. The highest BCUT2D eigenvalue weighted by Gasteiger charge is 2.19. The Labute approximate surface area is 114 Å². The van der Waals surface area contributed by atoms with Crippen molar-refractivity contribution in [3.05, 3.63) is 69.2 Å². The molecular formula is C13H7BrF4O. The van der Waals surface area contributed by atoms with Gasteiger partial charge in [-0.1, -0.05) is 15.9 Å². The van der Waals surface area contributed by atoms with E-state index in [2.05, 4.69) is 15.9 Å². The van der Waals surface area contributed by atoms with Crippen LogP contribution in [-0.4, -0.2) is 5.11 Å². The monoisotopic (exact) mass is 334 g/mol. The van der Waals surface area contributed by atoms with Crippen molar-refractivity contribution in [3.8, 4) is 0 Å². The maximum Gasteiger partial charge on any atom is 0.161 e. The third kappa shape index (κ3) is 2.96. The minimum atomic E-state index is -1.60. The Morgan fingerprint density at radius 3 is 2.11 bits per heavy atom. The van der Waals surface area contributed by atoms with Crippen LogP contribution in [0.1, 0.15) is 17.2 Å². The first-order valence-electron chi connectivity index (χ1n) is 5.17. The highest BCUT2D eigenvalue weighted by Crippen LogP contribution is 2.28. The molecule has 0 heterocycles. The Morgan fingerprint density at radius 2 is 1.47 bits per heavy atom. The predicted octanol–water partition coefficient (Wildman–Crippen LogP) is 4.09. The molecule has 0 radical (unpaired) electrons. The van der Waals surface area contributed by atoms with Crippen molar-refractivity contribution in [2.75, 3.05) is 0 Å². The van der Waals surface area contributed by atoms with Crippen molar-refractivity contribution in [2.24, 2.45) is 0 Å². The van der Waals surface area contributed by atoms with Gasteiger partial charge in [0.05, 0.1) is 0 Å². The largest absolute Gasteiger partial charge is 0.384 e. The summed E-state index contributed by atoms with van der Waals surface area (Å²) in [6.07, 6.45) is -1.60. The molecule has 2 aromatic carbocycles. The molecule has 0 saturated heterocycles. The SMILES string of the molecule is OC(c1cc(F)cc(Br)c1)c1cc(F)c(F)cc1F. The smallest absolute Gasteiger partial charge is 0.161 e. The second kappa shape index (κ2) is 5.30. The fraction of sp³-hybridized carbons (Fsp3) is 0.0769. The van der Waals surface area contributed by atoms with E-state index >= 15 is 0 Å². The van der Waals surface area contributed by atoms with Gasteiger partial charge in [0.2, 0.25) is 0 Å². The lowest BCUT2D eigenvalue weighted by Crippen LogP contribution is -2.05. The van der Waals surface area contributed by atoms with Gasteiger partial charge in [-0.25, -0.2) is 17.6 Å². The van der Waals surface area contributed by atoms with E-state index in [4.69, 9.17) is 0 Å². The fourth-order valence-electron chi connectivity index (χ4n) is 1.66. The molecule has 1 atom stereocenters. The molecule has 0 saturated carbocycles. The van der Waals surface area contributed by atoms with E-state index in [0.717, 1.165) is 12.1 Å². The molecule has 2 rings (SSSR count). The molecule has 0 fully saturated rings. The van der Waals surface area contributed by atoms with Crippen LogP contribution in [0.2, 0.25) is 0 Å². The molecule has 1 N–H and O–H groups in total. The molecule has 0 aliphatic heterocycles. The topological polar surface area (TPSA) is 20.2 Å². The van der Waals surface area contributed by atoms with Crippen LogP contribution < -0.4 is 0 Å². The number of aliphatic hydroxyl groups is 1. The van der Waals surface area contributed by atoms with Crippen molar-refractivity contribution >= 4 is 15.9 Å². The zero-order chi connectivity index (χ0) is 14.2. The van der Waals surface area contributed by atoms with Gasteiger partial charge in [0.25, 0.3) is 0 Å². The molecule has 0 aliphatic rings. The first-order chi connectivity index (χ1) is 8.88. The third-order valence-corrected chi connectivity index (χ3v) is 2.99. The first-order valence-corrected chi connectivity index (χ1v) is 5.96. The lowest BCUT2D eigenvalue weighted by atomic mass is 10.0. The minimum absolute atomic E-state index is 0.0248. The number of aliphatic hydroxyl groups excluding tert-OH is 1. The van der Waals surface area contributed by atoms with E-state index in [1.54, 1.807) is 0 Å². The van der Waals surface area contributed by atoms with Gasteiger partial charge in [-0.05, 0) is 29.8 Å². The van der Waals surface area contributed by atoms with Crippen molar-refractivity contribution in [3.63, 3.8) is 0 Å². The quantitative estimate of drug-likeness (QED) is 0.648. The van der Waals surface area contributed by atoms with Crippen LogP contribution in [0.4, 0.5) is 17.6 Å². The normalized spacial score (nSPS) is 12.5. The van der Waals surface area contributed by atoms with Crippen molar-refractivity contribution in [2.45, 2.75) is 6.10 Å². The molecule has 2 aromatic rings. The summed E-state index contributed by atoms with van der Waals surface area (Å²) < 4.78 is 52.9. The second-order valence-corrected chi connectivity index (χ2v) is 4.81. The Hall–Kier alpha value is -1.40. The van der Waals surface area contributed by atoms with Crippen molar-refractivity contribution < 1.29 is 22.7 Å². The molecule has 0 spiro atoms. The van der Waals surface area contributed by atoms with E-state index in [1.807, 2.05) is 0 Å². The van der Waals surface area contributed by atoms with Crippen LogP contribution in [0.3, 0.4) is 0 Å². The zero-order valence-corrected chi connectivity index (χ0v) is 10.9. The maximum absolute atomic E-state index is 13.5. The molecule has 0 bridgehead atoms. The van der Waals surface area contributed by atoms with Crippen LogP contribution in [0.5, 0.6) is 0 Å². The summed E-state index contributed by atoms with van der Waals surface area (Å²) in [6.45, 7) is 0. The van der Waals surface area contributed by atoms with Gasteiger partial charge >= 0.3 is 0 Å². The van der Waals surface area contributed by atoms with E-state index in [9.17, 15) is 22.7 Å². The molecule has 1 nitrogen and oxygen atoms in total. The van der Waals surface area contributed by atoms with Gasteiger partial charge in [-0.3, -0.25) is 0 Å².